The summed E-state index contributed by atoms with van der Waals surface area (Å²) in [5.74, 6) is 0. The third kappa shape index (κ3) is 9.28. The summed E-state index contributed by atoms with van der Waals surface area (Å²) in [6.45, 7) is 0. The Balaban J connectivity index is 0. The minimum atomic E-state index is 0. The van der Waals surface area contributed by atoms with Gasteiger partial charge in [-0.3, -0.25) is 0 Å². The van der Waals surface area contributed by atoms with Crippen molar-refractivity contribution < 1.29 is 0 Å². The second kappa shape index (κ2) is 21.9. The second-order valence-corrected chi connectivity index (χ2v) is 0. The maximum atomic E-state index is 0. The maximum Gasteiger partial charge on any atom is -0.0149 e. The van der Waals surface area contributed by atoms with Crippen LogP contribution in [0.5, 0.6) is 0 Å². The molecular formula is H9AlBPbSi. The van der Waals surface area contributed by atoms with Crippen molar-refractivity contribution in [3.63, 3.8) is 0 Å². The minimum absolute atomic E-state index is 0. The fraction of sp³-hybridized carbons (Fsp3) is 0. The Hall–Kier alpha value is 1.74. The molecule has 0 aromatic carbocycles. The van der Waals surface area contributed by atoms with Crippen LogP contribution in [0, 0.1) is 0 Å². The second-order valence-electron chi connectivity index (χ2n) is 0. The van der Waals surface area contributed by atoms with E-state index in [-0.39, 0.29) is 64.0 Å². The van der Waals surface area contributed by atoms with Gasteiger partial charge in [0.15, 0.2) is 17.4 Å². The molecule has 0 rings (SSSR count). The van der Waals surface area contributed by atoms with E-state index in [0.717, 1.165) is 0 Å². The Labute approximate surface area is 63.6 Å². The van der Waals surface area contributed by atoms with Gasteiger partial charge in [0.1, 0.15) is 0 Å². The van der Waals surface area contributed by atoms with Crippen LogP contribution in [0.1, 0.15) is 0 Å². The zero-order valence-corrected chi connectivity index (χ0v) is 6.78. The molecule has 0 aliphatic heterocycles. The van der Waals surface area contributed by atoms with Crippen molar-refractivity contribution in [3.8, 4) is 0 Å². The summed E-state index contributed by atoms with van der Waals surface area (Å²) in [7, 11) is 0. The topological polar surface area (TPSA) is 0 Å². The van der Waals surface area contributed by atoms with E-state index in [0.29, 0.717) is 0 Å². The van der Waals surface area contributed by atoms with Crippen LogP contribution >= 0.6 is 0 Å². The van der Waals surface area contributed by atoms with Gasteiger partial charge in [-0.15, -0.1) is 0 Å². The minimum Gasteiger partial charge on any atom is -0.0149 e. The van der Waals surface area contributed by atoms with Crippen molar-refractivity contribution in [1.82, 2.24) is 0 Å². The Morgan fingerprint density at radius 2 is 1.00 bits per heavy atom. The predicted molar refractivity (Wildman–Crippen MR) is 35.6 cm³/mol. The fourth-order valence-electron chi connectivity index (χ4n) is 0. The van der Waals surface area contributed by atoms with Crippen LogP contribution in [0.2, 0.25) is 0 Å². The zero-order valence-electron chi connectivity index (χ0n) is 1.28. The molecule has 0 amide bonds. The Morgan fingerprint density at radius 1 is 1.00 bits per heavy atom. The van der Waals surface area contributed by atoms with Gasteiger partial charge in [-0.05, 0) is 11.0 Å². The smallest absolute Gasteiger partial charge is 0.0149 e. The largest absolute Gasteiger partial charge is 0.0149 e. The summed E-state index contributed by atoms with van der Waals surface area (Å²) < 4.78 is 0. The molecule has 0 aromatic rings. The molecule has 0 aliphatic rings. The Morgan fingerprint density at radius 3 is 1.00 bits per heavy atom. The molecule has 0 saturated heterocycles. The van der Waals surface area contributed by atoms with Crippen LogP contribution < -0.4 is 0 Å². The van der Waals surface area contributed by atoms with Crippen LogP contribution in [0.15, 0.2) is 0 Å². The third-order valence-electron chi connectivity index (χ3n) is 0. The summed E-state index contributed by atoms with van der Waals surface area (Å²) in [6, 6.07) is 0. The molecule has 0 fully saturated rings. The Kier molecular flexibility index (Phi) is 234. The summed E-state index contributed by atoms with van der Waals surface area (Å²) >= 11 is 0. The van der Waals surface area contributed by atoms with E-state index in [1.807, 2.05) is 0 Å². The van der Waals surface area contributed by atoms with Gasteiger partial charge in [-0.1, -0.05) is 0 Å². The van der Waals surface area contributed by atoms with E-state index < -0.39 is 0 Å². The van der Waals surface area contributed by atoms with Crippen LogP contribution in [-0.2, 0) is 0 Å². The molecule has 0 atom stereocenters. The van der Waals surface area contributed by atoms with Gasteiger partial charge in [-0.2, -0.15) is 0 Å². The van der Waals surface area contributed by atoms with Gasteiger partial charge in [0.05, 0.1) is 0 Å². The zero-order chi connectivity index (χ0) is 0. The summed E-state index contributed by atoms with van der Waals surface area (Å²) in [5, 5.41) is 0. The van der Waals surface area contributed by atoms with E-state index >= 15 is 0 Å². The third-order valence-corrected chi connectivity index (χ3v) is 0. The van der Waals surface area contributed by atoms with Crippen molar-refractivity contribution in [3.05, 3.63) is 0 Å². The summed E-state index contributed by atoms with van der Waals surface area (Å²) in [6.07, 6.45) is 0. The number of hydrogen-bond acceptors (Lipinski definition) is 0. The van der Waals surface area contributed by atoms with Gasteiger partial charge in [-0.25, -0.2) is 0 Å². The molecule has 0 spiro atoms. The SMILES string of the molecule is [AlH3].[B].[PbH2].[SiH4]. The van der Waals surface area contributed by atoms with Crippen LogP contribution in [0.4, 0.5) is 0 Å². The molecule has 0 aliphatic carbocycles. The van der Waals surface area contributed by atoms with E-state index in [1.54, 1.807) is 0 Å². The van der Waals surface area contributed by atoms with Crippen molar-refractivity contribution >= 4 is 64.0 Å². The Bertz CT molecular complexity index is 8.00. The van der Waals surface area contributed by atoms with E-state index in [1.165, 1.54) is 0 Å². The molecular weight excluding hydrogens is 273 g/mol. The van der Waals surface area contributed by atoms with Gasteiger partial charge in [0.25, 0.3) is 0 Å². The normalized spacial score (nSPS) is 0. The quantitative estimate of drug-likeness (QED) is 0.398. The first-order chi connectivity index (χ1) is 0. The van der Waals surface area contributed by atoms with Crippen molar-refractivity contribution in [2.45, 2.75) is 0 Å². The van der Waals surface area contributed by atoms with Gasteiger partial charge in [0.2, 0.25) is 0 Å². The standard InChI is InChI=1S/Al.B.Pb.H4Si.5H/h;;;1H4;;;;;. The first-order valence-corrected chi connectivity index (χ1v) is 0. The fourth-order valence-corrected chi connectivity index (χ4v) is 0. The molecule has 0 bridgehead atoms. The van der Waals surface area contributed by atoms with E-state index in [4.69, 9.17) is 0 Å². The monoisotopic (exact) mass is 283 g/mol. The van der Waals surface area contributed by atoms with E-state index in [9.17, 15) is 0 Å². The van der Waals surface area contributed by atoms with E-state index in [2.05, 4.69) is 0 Å². The first-order valence-electron chi connectivity index (χ1n) is 0. The molecule has 5 radical (unpaired) electrons. The van der Waals surface area contributed by atoms with Crippen LogP contribution in [0.25, 0.3) is 0 Å². The average molecular weight is 282 g/mol. The van der Waals surface area contributed by atoms with Crippen LogP contribution in [-0.4, -0.2) is 64.0 Å². The molecule has 0 nitrogen and oxygen atoms in total. The van der Waals surface area contributed by atoms with Gasteiger partial charge in [0, 0.05) is 8.41 Å². The summed E-state index contributed by atoms with van der Waals surface area (Å²) in [5.41, 5.74) is 0. The molecule has 4 heavy (non-hydrogen) atoms. The molecule has 0 heterocycles. The molecule has 0 N–H and O–H groups in total. The maximum absolute atomic E-state index is 0. The van der Waals surface area contributed by atoms with Gasteiger partial charge >= 0.3 is 27.3 Å². The number of hydrogen-bond donors (Lipinski definition) is 0. The predicted octanol–water partition coefficient (Wildman–Crippen LogP) is -3.93. The van der Waals surface area contributed by atoms with Gasteiger partial charge < -0.3 is 0 Å². The van der Waals surface area contributed by atoms with Crippen LogP contribution in [0.3, 0.4) is 0 Å². The van der Waals surface area contributed by atoms with Crippen molar-refractivity contribution in [2.24, 2.45) is 0 Å². The molecule has 4 heteroatoms. The van der Waals surface area contributed by atoms with Crippen molar-refractivity contribution in [1.29, 1.82) is 0 Å². The van der Waals surface area contributed by atoms with Crippen molar-refractivity contribution in [2.75, 3.05) is 0 Å². The number of rotatable bonds is 0. The molecule has 0 unspecified atom stereocenters. The molecule has 23 valence electrons. The molecule has 0 aromatic heterocycles. The summed E-state index contributed by atoms with van der Waals surface area (Å²) in [4.78, 5) is 0. The average Bonchev–Trinajstić information content (AvgIpc) is 0. The molecule has 0 saturated carbocycles. The first kappa shape index (κ1) is 42.7.